The van der Waals surface area contributed by atoms with Gasteiger partial charge in [-0.25, -0.2) is 4.79 Å². The van der Waals surface area contributed by atoms with Crippen molar-refractivity contribution in [2.24, 2.45) is 5.92 Å². The van der Waals surface area contributed by atoms with E-state index in [2.05, 4.69) is 29.6 Å². The van der Waals surface area contributed by atoms with Crippen molar-refractivity contribution < 1.29 is 19.4 Å². The number of ether oxygens (including phenoxy) is 1. The van der Waals surface area contributed by atoms with Gasteiger partial charge in [-0.15, -0.1) is 0 Å². The van der Waals surface area contributed by atoms with E-state index in [1.54, 1.807) is 18.2 Å². The minimum atomic E-state index is -1.02. The summed E-state index contributed by atoms with van der Waals surface area (Å²) in [6, 6.07) is 15.6. The molecule has 0 spiro atoms. The summed E-state index contributed by atoms with van der Waals surface area (Å²) in [5.74, 6) is 0.478. The van der Waals surface area contributed by atoms with Gasteiger partial charge in [-0.2, -0.15) is 0 Å². The standard InChI is InChI=1S/C21H23NO4/c1-14-9-18(26-13-21(24)25)7-8-19(14)22-20(23)12-15-10-17(11-15)16-5-3-2-4-6-16/h2-9,15,17H,10-13H2,1H3,(H,22,23)(H,24,25). The van der Waals surface area contributed by atoms with Gasteiger partial charge in [0, 0.05) is 12.1 Å². The Morgan fingerprint density at radius 1 is 1.15 bits per heavy atom. The molecule has 3 rings (SSSR count). The quantitative estimate of drug-likeness (QED) is 0.789. The molecule has 0 radical (unpaired) electrons. The average molecular weight is 353 g/mol. The lowest BCUT2D eigenvalue weighted by molar-refractivity contribution is -0.139. The number of rotatable bonds is 7. The van der Waals surface area contributed by atoms with Gasteiger partial charge >= 0.3 is 5.97 Å². The number of carboxylic acid groups (broad SMARTS) is 1. The molecule has 0 bridgehead atoms. The summed E-state index contributed by atoms with van der Waals surface area (Å²) in [5, 5.41) is 11.6. The molecule has 1 aliphatic rings. The molecule has 2 N–H and O–H groups in total. The average Bonchev–Trinajstić information content (AvgIpc) is 2.59. The minimum Gasteiger partial charge on any atom is -0.482 e. The highest BCUT2D eigenvalue weighted by Crippen LogP contribution is 2.43. The van der Waals surface area contributed by atoms with E-state index in [-0.39, 0.29) is 12.5 Å². The van der Waals surface area contributed by atoms with Crippen LogP contribution in [-0.4, -0.2) is 23.6 Å². The van der Waals surface area contributed by atoms with Crippen LogP contribution in [-0.2, 0) is 9.59 Å². The summed E-state index contributed by atoms with van der Waals surface area (Å²) in [6.07, 6.45) is 2.64. The number of benzene rings is 2. The smallest absolute Gasteiger partial charge is 0.341 e. The van der Waals surface area contributed by atoms with Crippen LogP contribution in [0.2, 0.25) is 0 Å². The first-order valence-electron chi connectivity index (χ1n) is 8.81. The van der Waals surface area contributed by atoms with Crippen LogP contribution in [0.4, 0.5) is 5.69 Å². The first-order valence-corrected chi connectivity index (χ1v) is 8.81. The fourth-order valence-electron chi connectivity index (χ4n) is 3.37. The summed E-state index contributed by atoms with van der Waals surface area (Å²) in [6.45, 7) is 1.48. The lowest BCUT2D eigenvalue weighted by Crippen LogP contribution is -2.26. The zero-order valence-corrected chi connectivity index (χ0v) is 14.8. The molecule has 0 unspecified atom stereocenters. The van der Waals surface area contributed by atoms with Crippen molar-refractivity contribution in [1.82, 2.24) is 0 Å². The van der Waals surface area contributed by atoms with E-state index in [9.17, 15) is 9.59 Å². The topological polar surface area (TPSA) is 75.6 Å². The third-order valence-electron chi connectivity index (χ3n) is 4.82. The molecule has 0 atom stereocenters. The van der Waals surface area contributed by atoms with Gasteiger partial charge in [-0.05, 0) is 60.9 Å². The SMILES string of the molecule is Cc1cc(OCC(=O)O)ccc1NC(=O)CC1CC(c2ccccc2)C1. The highest BCUT2D eigenvalue weighted by atomic mass is 16.5. The molecule has 1 amide bonds. The predicted molar refractivity (Wildman–Crippen MR) is 99.5 cm³/mol. The summed E-state index contributed by atoms with van der Waals surface area (Å²) in [4.78, 5) is 22.8. The Labute approximate surface area is 153 Å². The zero-order valence-electron chi connectivity index (χ0n) is 14.8. The minimum absolute atomic E-state index is 0.0174. The lowest BCUT2D eigenvalue weighted by Gasteiger charge is -2.35. The summed E-state index contributed by atoms with van der Waals surface area (Å²) >= 11 is 0. The molecular formula is C21H23NO4. The Hall–Kier alpha value is -2.82. The van der Waals surface area contributed by atoms with Gasteiger partial charge in [0.05, 0.1) is 0 Å². The van der Waals surface area contributed by atoms with E-state index < -0.39 is 5.97 Å². The number of nitrogens with one attached hydrogen (secondary N) is 1. The van der Waals surface area contributed by atoms with Gasteiger partial charge in [-0.1, -0.05) is 30.3 Å². The molecule has 1 aliphatic carbocycles. The Morgan fingerprint density at radius 2 is 1.88 bits per heavy atom. The van der Waals surface area contributed by atoms with Crippen LogP contribution >= 0.6 is 0 Å². The molecule has 1 saturated carbocycles. The molecule has 136 valence electrons. The van der Waals surface area contributed by atoms with Crippen molar-refractivity contribution in [3.05, 3.63) is 59.7 Å². The number of aryl methyl sites for hydroxylation is 1. The first-order chi connectivity index (χ1) is 12.5. The van der Waals surface area contributed by atoms with Gasteiger partial charge in [0.25, 0.3) is 0 Å². The Morgan fingerprint density at radius 3 is 2.54 bits per heavy atom. The van der Waals surface area contributed by atoms with Crippen LogP contribution in [0.5, 0.6) is 5.75 Å². The number of carbonyl (C=O) groups is 2. The summed E-state index contributed by atoms with van der Waals surface area (Å²) in [5.41, 5.74) is 2.94. The third-order valence-corrected chi connectivity index (χ3v) is 4.82. The van der Waals surface area contributed by atoms with Gasteiger partial charge in [0.2, 0.25) is 5.91 Å². The normalized spacial score (nSPS) is 18.7. The van der Waals surface area contributed by atoms with Gasteiger partial charge in [-0.3, -0.25) is 4.79 Å². The van der Waals surface area contributed by atoms with Crippen LogP contribution in [0, 0.1) is 12.8 Å². The Kier molecular flexibility index (Phi) is 5.56. The highest BCUT2D eigenvalue weighted by Gasteiger charge is 2.31. The number of carboxylic acids is 1. The maximum Gasteiger partial charge on any atom is 0.341 e. The van der Waals surface area contributed by atoms with Crippen molar-refractivity contribution in [2.45, 2.75) is 32.1 Å². The molecule has 2 aromatic carbocycles. The highest BCUT2D eigenvalue weighted by molar-refractivity contribution is 5.91. The Balaban J connectivity index is 1.47. The molecule has 5 heteroatoms. The third kappa shape index (κ3) is 4.63. The van der Waals surface area contributed by atoms with Crippen molar-refractivity contribution >= 4 is 17.6 Å². The van der Waals surface area contributed by atoms with Crippen LogP contribution in [0.25, 0.3) is 0 Å². The van der Waals surface area contributed by atoms with Crippen molar-refractivity contribution in [1.29, 1.82) is 0 Å². The maximum absolute atomic E-state index is 12.3. The summed E-state index contributed by atoms with van der Waals surface area (Å²) < 4.78 is 5.14. The second-order valence-electron chi connectivity index (χ2n) is 6.86. The molecule has 0 aromatic heterocycles. The lowest BCUT2D eigenvalue weighted by atomic mass is 9.70. The maximum atomic E-state index is 12.3. The second-order valence-corrected chi connectivity index (χ2v) is 6.86. The molecule has 0 saturated heterocycles. The molecule has 0 heterocycles. The van der Waals surface area contributed by atoms with E-state index >= 15 is 0 Å². The number of anilines is 1. The molecule has 0 aliphatic heterocycles. The fourth-order valence-corrected chi connectivity index (χ4v) is 3.37. The second kappa shape index (κ2) is 8.04. The predicted octanol–water partition coefficient (Wildman–Crippen LogP) is 3.98. The number of hydrogen-bond acceptors (Lipinski definition) is 3. The van der Waals surface area contributed by atoms with Gasteiger partial charge in [0.15, 0.2) is 6.61 Å². The van der Waals surface area contributed by atoms with Crippen molar-refractivity contribution in [3.63, 3.8) is 0 Å². The van der Waals surface area contributed by atoms with Crippen LogP contribution in [0.3, 0.4) is 0 Å². The Bertz CT molecular complexity index is 782. The molecule has 2 aromatic rings. The van der Waals surface area contributed by atoms with E-state index in [0.29, 0.717) is 24.0 Å². The molecule has 5 nitrogen and oxygen atoms in total. The number of hydrogen-bond donors (Lipinski definition) is 2. The van der Waals surface area contributed by atoms with E-state index in [1.807, 2.05) is 13.0 Å². The molecule has 26 heavy (non-hydrogen) atoms. The van der Waals surface area contributed by atoms with Crippen LogP contribution < -0.4 is 10.1 Å². The number of amides is 1. The van der Waals surface area contributed by atoms with Gasteiger partial charge in [0.1, 0.15) is 5.75 Å². The van der Waals surface area contributed by atoms with E-state index in [1.165, 1.54) is 5.56 Å². The molecular weight excluding hydrogens is 330 g/mol. The van der Waals surface area contributed by atoms with Crippen molar-refractivity contribution in [2.75, 3.05) is 11.9 Å². The fraction of sp³-hybridized carbons (Fsp3) is 0.333. The summed E-state index contributed by atoms with van der Waals surface area (Å²) in [7, 11) is 0. The van der Waals surface area contributed by atoms with Crippen molar-refractivity contribution in [3.8, 4) is 5.75 Å². The largest absolute Gasteiger partial charge is 0.482 e. The van der Waals surface area contributed by atoms with E-state index in [0.717, 1.165) is 24.1 Å². The number of aliphatic carboxylic acids is 1. The van der Waals surface area contributed by atoms with E-state index in [4.69, 9.17) is 9.84 Å². The first kappa shape index (κ1) is 18.0. The van der Waals surface area contributed by atoms with Crippen LogP contribution in [0.1, 0.15) is 36.3 Å². The van der Waals surface area contributed by atoms with Crippen LogP contribution in [0.15, 0.2) is 48.5 Å². The van der Waals surface area contributed by atoms with Gasteiger partial charge < -0.3 is 15.2 Å². The monoisotopic (exact) mass is 353 g/mol. The number of carbonyl (C=O) groups excluding carboxylic acids is 1. The zero-order chi connectivity index (χ0) is 18.5. The molecule has 1 fully saturated rings.